The van der Waals surface area contributed by atoms with Crippen LogP contribution in [0.25, 0.3) is 0 Å². The van der Waals surface area contributed by atoms with Gasteiger partial charge in [-0.1, -0.05) is 49.6 Å². The molecule has 3 aromatic rings. The predicted octanol–water partition coefficient (Wildman–Crippen LogP) is 5.16. The number of carbonyl (C=O) groups excluding carboxylic acids is 2. The minimum Gasteiger partial charge on any atom is -0.497 e. The van der Waals surface area contributed by atoms with Crippen molar-refractivity contribution >= 4 is 27.5 Å². The number of hydrogen-bond acceptors (Lipinski definition) is 6. The Morgan fingerprint density at radius 1 is 0.930 bits per heavy atom. The van der Waals surface area contributed by atoms with Crippen molar-refractivity contribution in [2.45, 2.75) is 69.5 Å². The molecule has 0 unspecified atom stereocenters. The highest BCUT2D eigenvalue weighted by atomic mass is 32.2. The molecule has 0 saturated heterocycles. The van der Waals surface area contributed by atoms with E-state index < -0.39 is 28.5 Å². The quantitative estimate of drug-likeness (QED) is 0.288. The number of rotatable bonds is 13. The second kappa shape index (κ2) is 14.9. The summed E-state index contributed by atoms with van der Waals surface area (Å²) in [4.78, 5) is 29.1. The summed E-state index contributed by atoms with van der Waals surface area (Å²) in [6.07, 6.45) is 5.08. The Kier molecular flexibility index (Phi) is 11.1. The Bertz CT molecular complexity index is 1460. The Morgan fingerprint density at radius 2 is 1.63 bits per heavy atom. The van der Waals surface area contributed by atoms with Gasteiger partial charge in [0, 0.05) is 12.6 Å². The standard InChI is InChI=1S/C33H41N3O6S/c1-4-42-29-20-18-28(19-21-29)36(43(39,40)31-16-9-6-10-17-31)24-32(37)35(23-26-12-11-15-30(22-26)41-3)25(2)33(38)34-27-13-7-5-8-14-27/h6,9-12,15-22,25,27H,4-5,7-8,13-14,23-24H2,1-3H3,(H,34,38)/t25-/m0/s1. The fourth-order valence-corrected chi connectivity index (χ4v) is 6.68. The van der Waals surface area contributed by atoms with Gasteiger partial charge >= 0.3 is 0 Å². The van der Waals surface area contributed by atoms with Gasteiger partial charge in [-0.2, -0.15) is 0 Å². The first-order valence-corrected chi connectivity index (χ1v) is 16.2. The molecule has 43 heavy (non-hydrogen) atoms. The molecule has 0 heterocycles. The van der Waals surface area contributed by atoms with Gasteiger partial charge < -0.3 is 19.7 Å². The summed E-state index contributed by atoms with van der Waals surface area (Å²) in [6.45, 7) is 3.60. The van der Waals surface area contributed by atoms with Crippen molar-refractivity contribution in [1.82, 2.24) is 10.2 Å². The van der Waals surface area contributed by atoms with Gasteiger partial charge in [0.2, 0.25) is 11.8 Å². The number of ether oxygens (including phenoxy) is 2. The molecule has 1 saturated carbocycles. The largest absolute Gasteiger partial charge is 0.497 e. The van der Waals surface area contributed by atoms with Crippen LogP contribution in [0.1, 0.15) is 51.5 Å². The predicted molar refractivity (Wildman–Crippen MR) is 167 cm³/mol. The highest BCUT2D eigenvalue weighted by Gasteiger charge is 2.33. The molecule has 3 aromatic carbocycles. The average molecular weight is 608 g/mol. The van der Waals surface area contributed by atoms with E-state index in [9.17, 15) is 18.0 Å². The van der Waals surface area contributed by atoms with Gasteiger partial charge in [0.05, 0.1) is 24.3 Å². The minimum atomic E-state index is -4.14. The Morgan fingerprint density at radius 3 is 2.28 bits per heavy atom. The molecule has 1 aliphatic carbocycles. The number of hydrogen-bond donors (Lipinski definition) is 1. The Balaban J connectivity index is 1.67. The Labute approximate surface area is 254 Å². The molecule has 0 aromatic heterocycles. The van der Waals surface area contributed by atoms with E-state index in [2.05, 4.69) is 5.32 Å². The van der Waals surface area contributed by atoms with Crippen LogP contribution >= 0.6 is 0 Å². The molecule has 0 spiro atoms. The molecule has 230 valence electrons. The van der Waals surface area contributed by atoms with Crippen LogP contribution in [-0.2, 0) is 26.2 Å². The van der Waals surface area contributed by atoms with Crippen LogP contribution in [0.15, 0.2) is 83.8 Å². The topological polar surface area (TPSA) is 105 Å². The summed E-state index contributed by atoms with van der Waals surface area (Å²) in [7, 11) is -2.57. The summed E-state index contributed by atoms with van der Waals surface area (Å²) in [6, 6.07) is 21.1. The lowest BCUT2D eigenvalue weighted by molar-refractivity contribution is -0.139. The van der Waals surface area contributed by atoms with E-state index in [1.165, 1.54) is 17.0 Å². The summed E-state index contributed by atoms with van der Waals surface area (Å²) >= 11 is 0. The van der Waals surface area contributed by atoms with Gasteiger partial charge in [-0.15, -0.1) is 0 Å². The number of carbonyl (C=O) groups is 2. The average Bonchev–Trinajstić information content (AvgIpc) is 3.03. The van der Waals surface area contributed by atoms with E-state index in [-0.39, 0.29) is 23.4 Å². The third-order valence-electron chi connectivity index (χ3n) is 7.65. The molecular weight excluding hydrogens is 566 g/mol. The summed E-state index contributed by atoms with van der Waals surface area (Å²) in [5.74, 6) is 0.429. The third-order valence-corrected chi connectivity index (χ3v) is 9.44. The van der Waals surface area contributed by atoms with Crippen LogP contribution in [0.4, 0.5) is 5.69 Å². The lowest BCUT2D eigenvalue weighted by atomic mass is 9.95. The maximum Gasteiger partial charge on any atom is 0.264 e. The summed E-state index contributed by atoms with van der Waals surface area (Å²) < 4.78 is 39.9. The van der Waals surface area contributed by atoms with E-state index in [1.54, 1.807) is 68.6 Å². The van der Waals surface area contributed by atoms with Crippen LogP contribution in [0, 0.1) is 0 Å². The fourth-order valence-electron chi connectivity index (χ4n) is 5.24. The molecule has 10 heteroatoms. The number of benzene rings is 3. The van der Waals surface area contributed by atoms with E-state index in [0.717, 1.165) is 42.0 Å². The molecule has 0 radical (unpaired) electrons. The second-order valence-corrected chi connectivity index (χ2v) is 12.5. The number of methoxy groups -OCH3 is 1. The molecule has 4 rings (SSSR count). The van der Waals surface area contributed by atoms with Crippen LogP contribution < -0.4 is 19.1 Å². The number of nitrogens with zero attached hydrogens (tertiary/aromatic N) is 2. The molecule has 2 amide bonds. The molecule has 9 nitrogen and oxygen atoms in total. The van der Waals surface area contributed by atoms with Crippen molar-refractivity contribution in [1.29, 1.82) is 0 Å². The van der Waals surface area contributed by atoms with Gasteiger partial charge in [-0.3, -0.25) is 13.9 Å². The van der Waals surface area contributed by atoms with Crippen molar-refractivity contribution in [3.8, 4) is 11.5 Å². The van der Waals surface area contributed by atoms with Gasteiger partial charge in [-0.25, -0.2) is 8.42 Å². The zero-order chi connectivity index (χ0) is 30.8. The van der Waals surface area contributed by atoms with Crippen molar-refractivity contribution in [2.75, 3.05) is 24.6 Å². The molecule has 1 N–H and O–H groups in total. The Hall–Kier alpha value is -4.05. The first-order valence-electron chi connectivity index (χ1n) is 14.8. The van der Waals surface area contributed by atoms with E-state index >= 15 is 0 Å². The minimum absolute atomic E-state index is 0.0547. The normalized spacial score (nSPS) is 14.4. The zero-order valence-corrected chi connectivity index (χ0v) is 25.9. The van der Waals surface area contributed by atoms with Crippen LogP contribution in [0.5, 0.6) is 11.5 Å². The summed E-state index contributed by atoms with van der Waals surface area (Å²) in [5.41, 5.74) is 1.06. The second-order valence-electron chi connectivity index (χ2n) is 10.6. The van der Waals surface area contributed by atoms with Crippen LogP contribution in [-0.4, -0.2) is 57.5 Å². The van der Waals surface area contributed by atoms with Gasteiger partial charge in [-0.05, 0) is 80.8 Å². The lowest BCUT2D eigenvalue weighted by Crippen LogP contribution is -2.53. The van der Waals surface area contributed by atoms with E-state index in [4.69, 9.17) is 9.47 Å². The van der Waals surface area contributed by atoms with Gasteiger partial charge in [0.15, 0.2) is 0 Å². The SMILES string of the molecule is CCOc1ccc(N(CC(=O)N(Cc2cccc(OC)c2)[C@@H](C)C(=O)NC2CCCCC2)S(=O)(=O)c2ccccc2)cc1. The zero-order valence-electron chi connectivity index (χ0n) is 25.1. The van der Waals surface area contributed by atoms with Crippen molar-refractivity contribution in [2.24, 2.45) is 0 Å². The van der Waals surface area contributed by atoms with E-state index in [0.29, 0.717) is 23.8 Å². The molecular formula is C33H41N3O6S. The smallest absolute Gasteiger partial charge is 0.264 e. The molecule has 0 bridgehead atoms. The monoisotopic (exact) mass is 607 g/mol. The summed E-state index contributed by atoms with van der Waals surface area (Å²) in [5, 5.41) is 3.12. The maximum atomic E-state index is 14.2. The van der Waals surface area contributed by atoms with Gasteiger partial charge in [0.1, 0.15) is 24.1 Å². The number of anilines is 1. The van der Waals surface area contributed by atoms with E-state index in [1.807, 2.05) is 19.1 Å². The van der Waals surface area contributed by atoms with Gasteiger partial charge in [0.25, 0.3) is 10.0 Å². The number of nitrogens with one attached hydrogen (secondary N) is 1. The highest BCUT2D eigenvalue weighted by molar-refractivity contribution is 7.92. The number of sulfonamides is 1. The molecule has 1 atom stereocenters. The van der Waals surface area contributed by atoms with Crippen molar-refractivity contribution < 1.29 is 27.5 Å². The molecule has 0 aliphatic heterocycles. The first-order chi connectivity index (χ1) is 20.7. The first kappa shape index (κ1) is 31.9. The number of amides is 2. The van der Waals surface area contributed by atoms with Crippen LogP contribution in [0.3, 0.4) is 0 Å². The fraction of sp³-hybridized carbons (Fsp3) is 0.394. The lowest BCUT2D eigenvalue weighted by Gasteiger charge is -2.33. The third kappa shape index (κ3) is 8.28. The molecule has 1 aliphatic rings. The highest BCUT2D eigenvalue weighted by Crippen LogP contribution is 2.27. The van der Waals surface area contributed by atoms with Crippen LogP contribution in [0.2, 0.25) is 0 Å². The molecule has 1 fully saturated rings. The van der Waals surface area contributed by atoms with Crippen molar-refractivity contribution in [3.63, 3.8) is 0 Å². The maximum absolute atomic E-state index is 14.2. The van der Waals surface area contributed by atoms with Crippen molar-refractivity contribution in [3.05, 3.63) is 84.4 Å².